The van der Waals surface area contributed by atoms with Gasteiger partial charge in [0.1, 0.15) is 0 Å². The van der Waals surface area contributed by atoms with Gasteiger partial charge < -0.3 is 9.88 Å². The van der Waals surface area contributed by atoms with E-state index < -0.39 is 0 Å². The van der Waals surface area contributed by atoms with Crippen LogP contribution < -0.4 is 0 Å². The molecule has 1 aromatic rings. The highest BCUT2D eigenvalue weighted by molar-refractivity contribution is 4.64. The third kappa shape index (κ3) is 9.47. The molecule has 0 aliphatic rings. The molecule has 0 saturated carbocycles. The van der Waals surface area contributed by atoms with Gasteiger partial charge in [-0.15, -0.1) is 0 Å². The summed E-state index contributed by atoms with van der Waals surface area (Å²) < 4.78 is 0. The van der Waals surface area contributed by atoms with Crippen LogP contribution in [-0.2, 0) is 0 Å². The Morgan fingerprint density at radius 1 is 1.00 bits per heavy atom. The largest absolute Gasteiger partial charge is 0.351 e. The Morgan fingerprint density at radius 2 is 1.53 bits per heavy atom. The van der Waals surface area contributed by atoms with Gasteiger partial charge >= 0.3 is 0 Å². The molecule has 0 atom stereocenters. The van der Waals surface area contributed by atoms with Crippen molar-refractivity contribution in [2.45, 2.75) is 40.0 Å². The summed E-state index contributed by atoms with van der Waals surface area (Å²) in [6.07, 6.45) is 8.96. The van der Waals surface area contributed by atoms with E-state index in [-0.39, 0.29) is 0 Å². The average molecular weight is 211 g/mol. The standard InChI is InChI=1S/C9H21N.C3H4N2/c1-4-7-10(8-5-2)9-6-3;1-2-5-3-4-1/h4-9H2,1-3H3;1-3H,(H,4,5). The van der Waals surface area contributed by atoms with Crippen LogP contribution in [-0.4, -0.2) is 34.5 Å². The van der Waals surface area contributed by atoms with E-state index in [1.54, 1.807) is 18.7 Å². The first kappa shape index (κ1) is 14.2. The minimum Gasteiger partial charge on any atom is -0.351 e. The van der Waals surface area contributed by atoms with Crippen molar-refractivity contribution >= 4 is 0 Å². The van der Waals surface area contributed by atoms with Crippen molar-refractivity contribution in [1.82, 2.24) is 14.9 Å². The first-order valence-corrected chi connectivity index (χ1v) is 6.00. The molecule has 88 valence electrons. The van der Waals surface area contributed by atoms with Crippen LogP contribution in [0.15, 0.2) is 18.7 Å². The van der Waals surface area contributed by atoms with Crippen LogP contribution in [0.4, 0.5) is 0 Å². The first-order valence-electron chi connectivity index (χ1n) is 6.00. The Balaban J connectivity index is 0.000000322. The fourth-order valence-corrected chi connectivity index (χ4v) is 1.50. The molecule has 3 heteroatoms. The van der Waals surface area contributed by atoms with Gasteiger partial charge in [0.15, 0.2) is 0 Å². The summed E-state index contributed by atoms with van der Waals surface area (Å²) in [6, 6.07) is 0. The number of hydrogen-bond acceptors (Lipinski definition) is 2. The fraction of sp³-hybridized carbons (Fsp3) is 0.750. The number of imidazole rings is 1. The molecule has 0 amide bonds. The van der Waals surface area contributed by atoms with Crippen molar-refractivity contribution in [3.05, 3.63) is 18.7 Å². The van der Waals surface area contributed by atoms with Crippen LogP contribution in [0.2, 0.25) is 0 Å². The number of aromatic nitrogens is 2. The SMILES string of the molecule is CCCN(CCC)CCC.c1c[nH]cn1. The van der Waals surface area contributed by atoms with Crippen molar-refractivity contribution in [2.75, 3.05) is 19.6 Å². The number of H-pyrrole nitrogens is 1. The summed E-state index contributed by atoms with van der Waals surface area (Å²) in [6.45, 7) is 10.6. The third-order valence-electron chi connectivity index (χ3n) is 2.03. The number of hydrogen-bond donors (Lipinski definition) is 1. The monoisotopic (exact) mass is 211 g/mol. The number of nitrogens with zero attached hydrogens (tertiary/aromatic N) is 2. The quantitative estimate of drug-likeness (QED) is 0.784. The lowest BCUT2D eigenvalue weighted by Crippen LogP contribution is -2.25. The van der Waals surface area contributed by atoms with Crippen LogP contribution >= 0.6 is 0 Å². The fourth-order valence-electron chi connectivity index (χ4n) is 1.50. The molecule has 0 bridgehead atoms. The van der Waals surface area contributed by atoms with Crippen LogP contribution in [0.1, 0.15) is 40.0 Å². The van der Waals surface area contributed by atoms with Gasteiger partial charge in [0.2, 0.25) is 0 Å². The zero-order valence-electron chi connectivity index (χ0n) is 10.4. The van der Waals surface area contributed by atoms with E-state index in [0.717, 1.165) is 0 Å². The maximum Gasteiger partial charge on any atom is 0.0919 e. The molecule has 0 saturated heterocycles. The van der Waals surface area contributed by atoms with E-state index in [0.29, 0.717) is 0 Å². The lowest BCUT2D eigenvalue weighted by molar-refractivity contribution is 0.275. The van der Waals surface area contributed by atoms with Gasteiger partial charge in [-0.2, -0.15) is 0 Å². The van der Waals surface area contributed by atoms with Gasteiger partial charge in [-0.1, -0.05) is 20.8 Å². The zero-order valence-corrected chi connectivity index (χ0v) is 10.4. The second-order valence-electron chi connectivity index (χ2n) is 3.60. The minimum absolute atomic E-state index is 1.28. The molecule has 0 radical (unpaired) electrons. The van der Waals surface area contributed by atoms with Gasteiger partial charge in [0, 0.05) is 12.4 Å². The van der Waals surface area contributed by atoms with E-state index in [4.69, 9.17) is 0 Å². The van der Waals surface area contributed by atoms with Gasteiger partial charge in [0.25, 0.3) is 0 Å². The maximum absolute atomic E-state index is 3.67. The molecular formula is C12H25N3. The summed E-state index contributed by atoms with van der Waals surface area (Å²) in [4.78, 5) is 8.96. The topological polar surface area (TPSA) is 31.9 Å². The Morgan fingerprint density at radius 3 is 1.73 bits per heavy atom. The van der Waals surface area contributed by atoms with Gasteiger partial charge in [0.05, 0.1) is 6.33 Å². The predicted octanol–water partition coefficient (Wildman–Crippen LogP) is 2.93. The summed E-state index contributed by atoms with van der Waals surface area (Å²) in [7, 11) is 0. The highest BCUT2D eigenvalue weighted by Crippen LogP contribution is 1.94. The molecule has 0 aromatic carbocycles. The molecule has 3 nitrogen and oxygen atoms in total. The molecule has 0 aliphatic carbocycles. The summed E-state index contributed by atoms with van der Waals surface area (Å²) >= 11 is 0. The number of rotatable bonds is 6. The zero-order chi connectivity index (χ0) is 11.4. The van der Waals surface area contributed by atoms with Crippen molar-refractivity contribution in [2.24, 2.45) is 0 Å². The van der Waals surface area contributed by atoms with E-state index >= 15 is 0 Å². The molecule has 0 spiro atoms. The average Bonchev–Trinajstić information content (AvgIpc) is 2.77. The maximum atomic E-state index is 3.67. The number of aromatic amines is 1. The van der Waals surface area contributed by atoms with Crippen molar-refractivity contribution in [3.8, 4) is 0 Å². The van der Waals surface area contributed by atoms with Crippen LogP contribution in [0.5, 0.6) is 0 Å². The van der Waals surface area contributed by atoms with E-state index in [2.05, 4.69) is 35.6 Å². The van der Waals surface area contributed by atoms with Crippen LogP contribution in [0.25, 0.3) is 0 Å². The van der Waals surface area contributed by atoms with Gasteiger partial charge in [-0.05, 0) is 38.9 Å². The van der Waals surface area contributed by atoms with E-state index in [1.807, 2.05) is 0 Å². The first-order chi connectivity index (χ1) is 7.35. The summed E-state index contributed by atoms with van der Waals surface area (Å²) in [5.74, 6) is 0. The molecule has 0 aliphatic heterocycles. The van der Waals surface area contributed by atoms with Gasteiger partial charge in [-0.25, -0.2) is 4.98 Å². The Hall–Kier alpha value is -0.830. The normalized spacial score (nSPS) is 9.87. The molecule has 0 fully saturated rings. The predicted molar refractivity (Wildman–Crippen MR) is 65.9 cm³/mol. The Labute approximate surface area is 93.9 Å². The summed E-state index contributed by atoms with van der Waals surface area (Å²) in [5.41, 5.74) is 0. The second kappa shape index (κ2) is 11.2. The highest BCUT2D eigenvalue weighted by atomic mass is 15.1. The van der Waals surface area contributed by atoms with Crippen molar-refractivity contribution in [1.29, 1.82) is 0 Å². The smallest absolute Gasteiger partial charge is 0.0919 e. The van der Waals surface area contributed by atoms with Crippen LogP contribution in [0.3, 0.4) is 0 Å². The minimum atomic E-state index is 1.28. The van der Waals surface area contributed by atoms with E-state index in [1.165, 1.54) is 38.9 Å². The van der Waals surface area contributed by atoms with Gasteiger partial charge in [-0.3, -0.25) is 0 Å². The second-order valence-corrected chi connectivity index (χ2v) is 3.60. The molecule has 1 aromatic heterocycles. The number of nitrogens with one attached hydrogen (secondary N) is 1. The van der Waals surface area contributed by atoms with Crippen LogP contribution in [0, 0.1) is 0 Å². The molecule has 1 N–H and O–H groups in total. The molecular weight excluding hydrogens is 186 g/mol. The lowest BCUT2D eigenvalue weighted by Gasteiger charge is -2.19. The molecule has 1 rings (SSSR count). The van der Waals surface area contributed by atoms with E-state index in [9.17, 15) is 0 Å². The molecule has 1 heterocycles. The third-order valence-corrected chi connectivity index (χ3v) is 2.03. The van der Waals surface area contributed by atoms with Crippen molar-refractivity contribution in [3.63, 3.8) is 0 Å². The Bertz CT molecular complexity index is 153. The molecule has 0 unspecified atom stereocenters. The molecule has 15 heavy (non-hydrogen) atoms. The van der Waals surface area contributed by atoms with Crippen molar-refractivity contribution < 1.29 is 0 Å². The lowest BCUT2D eigenvalue weighted by atomic mass is 10.3. The Kier molecular flexibility index (Phi) is 10.6. The highest BCUT2D eigenvalue weighted by Gasteiger charge is 1.98. The summed E-state index contributed by atoms with van der Waals surface area (Å²) in [5, 5.41) is 0.